The molecule has 0 saturated carbocycles. The minimum absolute atomic E-state index is 0.0788. The topological polar surface area (TPSA) is 159 Å². The van der Waals surface area contributed by atoms with Crippen LogP contribution in [0.4, 0.5) is 13.2 Å². The molecule has 2 saturated heterocycles. The van der Waals surface area contributed by atoms with Gasteiger partial charge in [-0.05, 0) is 24.6 Å². The van der Waals surface area contributed by atoms with Crippen molar-refractivity contribution in [2.24, 2.45) is 7.05 Å². The number of aliphatic hydroxyl groups excluding tert-OH is 4. The van der Waals surface area contributed by atoms with Gasteiger partial charge in [-0.25, -0.2) is 17.9 Å². The highest BCUT2D eigenvalue weighted by Crippen LogP contribution is 2.40. The van der Waals surface area contributed by atoms with Crippen LogP contribution in [0.1, 0.15) is 24.3 Å². The van der Waals surface area contributed by atoms with E-state index in [-0.39, 0.29) is 17.0 Å². The normalized spacial score (nSPS) is 26.4. The van der Waals surface area contributed by atoms with Gasteiger partial charge in [0.2, 0.25) is 5.91 Å². The Bertz CT molecular complexity index is 1350. The molecule has 0 radical (unpaired) electrons. The van der Waals surface area contributed by atoms with Gasteiger partial charge in [0.05, 0.1) is 18.5 Å². The first kappa shape index (κ1) is 28.5. The van der Waals surface area contributed by atoms with Crippen LogP contribution in [0.15, 0.2) is 30.6 Å². The van der Waals surface area contributed by atoms with Gasteiger partial charge in [0.15, 0.2) is 17.5 Å². The third-order valence-corrected chi connectivity index (χ3v) is 8.37. The van der Waals surface area contributed by atoms with Crippen molar-refractivity contribution in [2.45, 2.75) is 47.6 Å². The van der Waals surface area contributed by atoms with Crippen LogP contribution in [0.25, 0.3) is 11.3 Å². The zero-order chi connectivity index (χ0) is 28.7. The quantitative estimate of drug-likeness (QED) is 0.269. The second-order valence-electron chi connectivity index (χ2n) is 9.63. The molecule has 2 fully saturated rings. The summed E-state index contributed by atoms with van der Waals surface area (Å²) in [5, 5.41) is 53.9. The number of aryl methyl sites for hydroxylation is 1. The molecular formula is C24H27F3N6O6S. The molecule has 1 aromatic carbocycles. The highest BCUT2D eigenvalue weighted by atomic mass is 32.2. The van der Waals surface area contributed by atoms with Crippen LogP contribution in [-0.2, 0) is 16.6 Å². The number of benzene rings is 1. The Balaban J connectivity index is 1.43. The minimum atomic E-state index is -1.65. The van der Waals surface area contributed by atoms with E-state index in [9.17, 15) is 38.4 Å². The molecule has 1 amide bonds. The first-order valence-electron chi connectivity index (χ1n) is 12.4. The number of thioether (sulfide) groups is 1. The number of nitrogens with zero attached hydrogens (tertiary/aromatic N) is 6. The Kier molecular flexibility index (Phi) is 8.17. The summed E-state index contributed by atoms with van der Waals surface area (Å²) in [6.07, 6.45) is -2.06. The van der Waals surface area contributed by atoms with Gasteiger partial charge in [-0.2, -0.15) is 5.10 Å². The van der Waals surface area contributed by atoms with E-state index in [1.54, 1.807) is 24.2 Å². The minimum Gasteiger partial charge on any atom is -0.394 e. The van der Waals surface area contributed by atoms with E-state index in [1.165, 1.54) is 10.9 Å². The third-order valence-electron chi connectivity index (χ3n) is 6.96. The molecule has 0 aliphatic carbocycles. The zero-order valence-electron chi connectivity index (χ0n) is 21.1. The second kappa shape index (κ2) is 11.5. The van der Waals surface area contributed by atoms with Crippen LogP contribution in [0.3, 0.4) is 0 Å². The number of amides is 1. The number of hydrogen-bond acceptors (Lipinski definition) is 10. The lowest BCUT2D eigenvalue weighted by atomic mass is 9.97. The smallest absolute Gasteiger partial charge is 0.238 e. The first-order chi connectivity index (χ1) is 19.1. The predicted molar refractivity (Wildman–Crippen MR) is 133 cm³/mol. The zero-order valence-corrected chi connectivity index (χ0v) is 21.9. The number of halogens is 3. The Morgan fingerprint density at radius 1 is 1.20 bits per heavy atom. The van der Waals surface area contributed by atoms with Crippen molar-refractivity contribution in [3.8, 4) is 11.3 Å². The summed E-state index contributed by atoms with van der Waals surface area (Å²) in [5.74, 6) is -4.90. The molecule has 16 heteroatoms. The molecule has 216 valence electrons. The maximum Gasteiger partial charge on any atom is 0.238 e. The summed E-state index contributed by atoms with van der Waals surface area (Å²) >= 11 is 0.813. The number of aliphatic hydroxyl groups is 4. The SMILES string of the molecule is Cn1ccc([C@@H](O)[C@H](S[C@@H]2O[C@H](CO)[C@H](O)[C@H](n3cc(-c4cc(F)c(F)c(F)c4)nn3)[C@H]2O)C(=O)N2CCC2)n1. The molecule has 40 heavy (non-hydrogen) atoms. The number of carbonyl (C=O) groups excluding carboxylic acids is 1. The molecule has 2 aliphatic heterocycles. The van der Waals surface area contributed by atoms with Crippen LogP contribution in [0, 0.1) is 17.5 Å². The van der Waals surface area contributed by atoms with Crippen LogP contribution in [0.5, 0.6) is 0 Å². The Labute approximate surface area is 230 Å². The van der Waals surface area contributed by atoms with Crippen molar-refractivity contribution >= 4 is 17.7 Å². The highest BCUT2D eigenvalue weighted by Gasteiger charge is 2.49. The summed E-state index contributed by atoms with van der Waals surface area (Å²) in [6, 6.07) is 1.72. The summed E-state index contributed by atoms with van der Waals surface area (Å²) in [4.78, 5) is 14.8. The maximum absolute atomic E-state index is 13.8. The van der Waals surface area contributed by atoms with Gasteiger partial charge in [-0.3, -0.25) is 9.48 Å². The van der Waals surface area contributed by atoms with Gasteiger partial charge in [0.1, 0.15) is 46.8 Å². The van der Waals surface area contributed by atoms with Crippen LogP contribution < -0.4 is 0 Å². The van der Waals surface area contributed by atoms with E-state index < -0.39 is 71.1 Å². The van der Waals surface area contributed by atoms with Gasteiger partial charge in [-0.1, -0.05) is 5.21 Å². The Morgan fingerprint density at radius 2 is 1.90 bits per heavy atom. The molecule has 4 N–H and O–H groups in total. The van der Waals surface area contributed by atoms with Crippen molar-refractivity contribution in [3.05, 3.63) is 53.7 Å². The Morgan fingerprint density at radius 3 is 2.48 bits per heavy atom. The van der Waals surface area contributed by atoms with Gasteiger partial charge in [0.25, 0.3) is 0 Å². The number of aromatic nitrogens is 5. The van der Waals surface area contributed by atoms with Crippen LogP contribution in [-0.4, -0.2) is 105 Å². The molecule has 2 aromatic heterocycles. The first-order valence-corrected chi connectivity index (χ1v) is 13.3. The summed E-state index contributed by atoms with van der Waals surface area (Å²) in [7, 11) is 1.66. The number of rotatable bonds is 8. The summed E-state index contributed by atoms with van der Waals surface area (Å²) in [6.45, 7) is 0.350. The van der Waals surface area contributed by atoms with E-state index >= 15 is 0 Å². The van der Waals surface area contributed by atoms with E-state index in [4.69, 9.17) is 4.74 Å². The summed E-state index contributed by atoms with van der Waals surface area (Å²) in [5.41, 5.74) is -1.23. The maximum atomic E-state index is 13.8. The van der Waals surface area contributed by atoms with Crippen LogP contribution >= 0.6 is 11.8 Å². The molecule has 4 heterocycles. The largest absolute Gasteiger partial charge is 0.394 e. The summed E-state index contributed by atoms with van der Waals surface area (Å²) < 4.78 is 49.2. The van der Waals surface area contributed by atoms with Gasteiger partial charge in [0, 0.05) is 31.9 Å². The van der Waals surface area contributed by atoms with E-state index in [0.717, 1.165) is 35.0 Å². The van der Waals surface area contributed by atoms with E-state index in [2.05, 4.69) is 15.4 Å². The second-order valence-corrected chi connectivity index (χ2v) is 10.9. The van der Waals surface area contributed by atoms with Gasteiger partial charge in [-0.15, -0.1) is 16.9 Å². The van der Waals surface area contributed by atoms with Crippen molar-refractivity contribution in [2.75, 3.05) is 19.7 Å². The van der Waals surface area contributed by atoms with Crippen molar-refractivity contribution in [1.29, 1.82) is 0 Å². The number of carbonyl (C=O) groups is 1. The number of ether oxygens (including phenoxy) is 1. The van der Waals surface area contributed by atoms with Gasteiger partial charge >= 0.3 is 0 Å². The fourth-order valence-electron chi connectivity index (χ4n) is 4.63. The molecule has 0 unspecified atom stereocenters. The lowest BCUT2D eigenvalue weighted by Crippen LogP contribution is -2.56. The fraction of sp³-hybridized carbons (Fsp3) is 0.500. The number of likely N-dealkylation sites (tertiary alicyclic amines) is 1. The average Bonchev–Trinajstić information content (AvgIpc) is 3.55. The molecule has 7 atom stereocenters. The van der Waals surface area contributed by atoms with Gasteiger partial charge < -0.3 is 30.1 Å². The standard InChI is InChI=1S/C24H27F3N6O6S/c1-31-6-3-14(29-31)19(35)22(23(38)32-4-2-5-32)40-24-21(37)18(20(36)16(10-34)39-24)33-9-15(28-30-33)11-7-12(25)17(27)13(26)8-11/h3,6-9,16,18-22,24,34-37H,2,4-5,10H2,1H3/t16-,18+,19-,20+,21-,22+,24+/m1/s1. The predicted octanol–water partition coefficient (Wildman–Crippen LogP) is 0.144. The molecule has 5 rings (SSSR count). The fourth-order valence-corrected chi connectivity index (χ4v) is 6.00. The molecule has 0 spiro atoms. The molecule has 0 bridgehead atoms. The van der Waals surface area contributed by atoms with E-state index in [0.29, 0.717) is 13.1 Å². The molecule has 3 aromatic rings. The molecular weight excluding hydrogens is 557 g/mol. The molecule has 12 nitrogen and oxygen atoms in total. The van der Waals surface area contributed by atoms with E-state index in [1.807, 2.05) is 0 Å². The van der Waals surface area contributed by atoms with Crippen molar-refractivity contribution in [1.82, 2.24) is 29.7 Å². The van der Waals surface area contributed by atoms with Crippen LogP contribution in [0.2, 0.25) is 0 Å². The average molecular weight is 585 g/mol. The lowest BCUT2D eigenvalue weighted by Gasteiger charge is -2.43. The molecule has 2 aliphatic rings. The lowest BCUT2D eigenvalue weighted by molar-refractivity contribution is -0.179. The third kappa shape index (κ3) is 5.34. The van der Waals surface area contributed by atoms with Crippen molar-refractivity contribution < 1.29 is 43.1 Å². The monoisotopic (exact) mass is 584 g/mol. The highest BCUT2D eigenvalue weighted by molar-refractivity contribution is 8.01. The Hall–Kier alpha value is -3.02. The number of hydrogen-bond donors (Lipinski definition) is 4. The van der Waals surface area contributed by atoms with Crippen molar-refractivity contribution in [3.63, 3.8) is 0 Å².